The molecule has 0 amide bonds. The summed E-state index contributed by atoms with van der Waals surface area (Å²) in [5.41, 5.74) is -0.318. The van der Waals surface area contributed by atoms with Gasteiger partial charge in [-0.15, -0.1) is 0 Å². The van der Waals surface area contributed by atoms with Crippen molar-refractivity contribution in [2.45, 2.75) is 66.2 Å². The standard InChI is InChI=1S/C15H28O2/c1-5-15(3,4)14(16)17-11-10-13-8-6-12(2)7-9-13/h12-13H,5-11H2,1-4H3. The molecule has 1 fully saturated rings. The number of hydrogen-bond acceptors (Lipinski definition) is 2. The minimum atomic E-state index is -0.318. The van der Waals surface area contributed by atoms with Crippen LogP contribution in [0.15, 0.2) is 0 Å². The lowest BCUT2D eigenvalue weighted by Gasteiger charge is -2.26. The van der Waals surface area contributed by atoms with E-state index >= 15 is 0 Å². The zero-order valence-electron chi connectivity index (χ0n) is 11.9. The van der Waals surface area contributed by atoms with Crippen molar-refractivity contribution in [2.24, 2.45) is 17.3 Å². The zero-order chi connectivity index (χ0) is 12.9. The van der Waals surface area contributed by atoms with Crippen LogP contribution < -0.4 is 0 Å². The maximum Gasteiger partial charge on any atom is 0.311 e. The van der Waals surface area contributed by atoms with Crippen molar-refractivity contribution < 1.29 is 9.53 Å². The Labute approximate surface area is 106 Å². The van der Waals surface area contributed by atoms with Crippen LogP contribution in [0.1, 0.15) is 66.2 Å². The SMILES string of the molecule is CCC(C)(C)C(=O)OCCC1CCC(C)CC1. The van der Waals surface area contributed by atoms with Gasteiger partial charge in [0, 0.05) is 0 Å². The van der Waals surface area contributed by atoms with Gasteiger partial charge in [-0.1, -0.05) is 39.5 Å². The van der Waals surface area contributed by atoms with E-state index in [0.717, 1.165) is 24.7 Å². The molecule has 0 saturated heterocycles. The van der Waals surface area contributed by atoms with E-state index in [4.69, 9.17) is 4.74 Å². The van der Waals surface area contributed by atoms with Crippen molar-refractivity contribution in [3.63, 3.8) is 0 Å². The average molecular weight is 240 g/mol. The molecule has 0 aliphatic heterocycles. The molecule has 1 rings (SSSR count). The molecule has 0 atom stereocenters. The van der Waals surface area contributed by atoms with E-state index in [1.807, 2.05) is 20.8 Å². The smallest absolute Gasteiger partial charge is 0.311 e. The van der Waals surface area contributed by atoms with Crippen molar-refractivity contribution in [2.75, 3.05) is 6.61 Å². The van der Waals surface area contributed by atoms with Gasteiger partial charge in [-0.05, 0) is 38.5 Å². The summed E-state index contributed by atoms with van der Waals surface area (Å²) in [6, 6.07) is 0. The molecule has 0 N–H and O–H groups in total. The molecule has 1 saturated carbocycles. The van der Waals surface area contributed by atoms with Gasteiger partial charge < -0.3 is 4.74 Å². The van der Waals surface area contributed by atoms with Crippen molar-refractivity contribution in [3.8, 4) is 0 Å². The largest absolute Gasteiger partial charge is 0.465 e. The van der Waals surface area contributed by atoms with Crippen molar-refractivity contribution in [3.05, 3.63) is 0 Å². The Balaban J connectivity index is 2.18. The molecule has 17 heavy (non-hydrogen) atoms. The second kappa shape index (κ2) is 6.42. The predicted molar refractivity (Wildman–Crippen MR) is 70.8 cm³/mol. The normalized spacial score (nSPS) is 25.6. The molecule has 2 heteroatoms. The molecule has 0 unspecified atom stereocenters. The van der Waals surface area contributed by atoms with Gasteiger partial charge in [0.05, 0.1) is 12.0 Å². The first-order chi connectivity index (χ1) is 7.95. The van der Waals surface area contributed by atoms with Crippen LogP contribution in [0.5, 0.6) is 0 Å². The Bertz CT molecular complexity index is 237. The molecular weight excluding hydrogens is 212 g/mol. The summed E-state index contributed by atoms with van der Waals surface area (Å²) in [6.07, 6.45) is 7.22. The molecule has 0 aromatic rings. The number of carbonyl (C=O) groups is 1. The van der Waals surface area contributed by atoms with Crippen LogP contribution in [0.25, 0.3) is 0 Å². The summed E-state index contributed by atoms with van der Waals surface area (Å²) in [7, 11) is 0. The molecule has 0 aromatic heterocycles. The van der Waals surface area contributed by atoms with Crippen LogP contribution in [0.2, 0.25) is 0 Å². The van der Waals surface area contributed by atoms with Crippen LogP contribution >= 0.6 is 0 Å². The van der Waals surface area contributed by atoms with Crippen LogP contribution in [0, 0.1) is 17.3 Å². The Morgan fingerprint density at radius 2 is 1.82 bits per heavy atom. The van der Waals surface area contributed by atoms with E-state index in [1.54, 1.807) is 0 Å². The van der Waals surface area contributed by atoms with Gasteiger partial charge >= 0.3 is 5.97 Å². The summed E-state index contributed by atoms with van der Waals surface area (Å²) >= 11 is 0. The molecule has 1 aliphatic rings. The highest BCUT2D eigenvalue weighted by molar-refractivity contribution is 5.75. The van der Waals surface area contributed by atoms with Gasteiger partial charge in [0.25, 0.3) is 0 Å². The van der Waals surface area contributed by atoms with Gasteiger partial charge in [-0.2, -0.15) is 0 Å². The van der Waals surface area contributed by atoms with E-state index < -0.39 is 0 Å². The first-order valence-corrected chi connectivity index (χ1v) is 7.13. The Morgan fingerprint density at radius 3 is 2.35 bits per heavy atom. The van der Waals surface area contributed by atoms with Crippen molar-refractivity contribution in [1.29, 1.82) is 0 Å². The second-order valence-electron chi connectivity index (χ2n) is 6.29. The van der Waals surface area contributed by atoms with Crippen molar-refractivity contribution in [1.82, 2.24) is 0 Å². The monoisotopic (exact) mass is 240 g/mol. The molecule has 0 bridgehead atoms. The second-order valence-corrected chi connectivity index (χ2v) is 6.29. The molecule has 0 spiro atoms. The minimum Gasteiger partial charge on any atom is -0.465 e. The lowest BCUT2D eigenvalue weighted by molar-refractivity contribution is -0.154. The molecule has 1 aliphatic carbocycles. The first-order valence-electron chi connectivity index (χ1n) is 7.13. The number of ether oxygens (including phenoxy) is 1. The highest BCUT2D eigenvalue weighted by Crippen LogP contribution is 2.30. The zero-order valence-corrected chi connectivity index (χ0v) is 11.9. The molecule has 2 nitrogen and oxygen atoms in total. The van der Waals surface area contributed by atoms with Crippen LogP contribution in [0.3, 0.4) is 0 Å². The molecule has 100 valence electrons. The third-order valence-corrected chi connectivity index (χ3v) is 4.33. The summed E-state index contributed by atoms with van der Waals surface area (Å²) in [5, 5.41) is 0. The summed E-state index contributed by atoms with van der Waals surface area (Å²) in [4.78, 5) is 11.8. The predicted octanol–water partition coefficient (Wildman–Crippen LogP) is 4.18. The van der Waals surface area contributed by atoms with Gasteiger partial charge in [0.1, 0.15) is 0 Å². The first kappa shape index (κ1) is 14.5. The Hall–Kier alpha value is -0.530. The summed E-state index contributed by atoms with van der Waals surface area (Å²) in [6.45, 7) is 8.89. The molecule has 0 aromatic carbocycles. The molecule has 0 radical (unpaired) electrons. The maximum atomic E-state index is 11.8. The topological polar surface area (TPSA) is 26.3 Å². The molecular formula is C15H28O2. The van der Waals surface area contributed by atoms with Crippen LogP contribution in [0.4, 0.5) is 0 Å². The van der Waals surface area contributed by atoms with Gasteiger partial charge in [0.2, 0.25) is 0 Å². The Kier molecular flexibility index (Phi) is 5.48. The van der Waals surface area contributed by atoms with E-state index in [-0.39, 0.29) is 11.4 Å². The number of rotatable bonds is 5. The van der Waals surface area contributed by atoms with Gasteiger partial charge in [-0.3, -0.25) is 4.79 Å². The van der Waals surface area contributed by atoms with Crippen LogP contribution in [-0.2, 0) is 9.53 Å². The Morgan fingerprint density at radius 1 is 1.24 bits per heavy atom. The maximum absolute atomic E-state index is 11.8. The third kappa shape index (κ3) is 4.69. The lowest BCUT2D eigenvalue weighted by atomic mass is 9.81. The van der Waals surface area contributed by atoms with E-state index in [1.165, 1.54) is 25.7 Å². The van der Waals surface area contributed by atoms with E-state index in [9.17, 15) is 4.79 Å². The van der Waals surface area contributed by atoms with Crippen LogP contribution in [-0.4, -0.2) is 12.6 Å². The highest BCUT2D eigenvalue weighted by Gasteiger charge is 2.27. The fourth-order valence-electron chi connectivity index (χ4n) is 2.28. The fourth-order valence-corrected chi connectivity index (χ4v) is 2.28. The van der Waals surface area contributed by atoms with Crippen molar-refractivity contribution >= 4 is 5.97 Å². The molecule has 0 heterocycles. The minimum absolute atomic E-state index is 0.0378. The van der Waals surface area contributed by atoms with Gasteiger partial charge in [-0.25, -0.2) is 0 Å². The third-order valence-electron chi connectivity index (χ3n) is 4.33. The summed E-state index contributed by atoms with van der Waals surface area (Å²) in [5.74, 6) is 1.64. The fraction of sp³-hybridized carbons (Fsp3) is 0.933. The van der Waals surface area contributed by atoms with E-state index in [2.05, 4.69) is 6.92 Å². The summed E-state index contributed by atoms with van der Waals surface area (Å²) < 4.78 is 5.39. The lowest BCUT2D eigenvalue weighted by Crippen LogP contribution is -2.26. The van der Waals surface area contributed by atoms with E-state index in [0.29, 0.717) is 6.61 Å². The number of carbonyl (C=O) groups excluding carboxylic acids is 1. The average Bonchev–Trinajstić information content (AvgIpc) is 2.31. The number of esters is 1. The number of hydrogen-bond donors (Lipinski definition) is 0. The highest BCUT2D eigenvalue weighted by atomic mass is 16.5. The quantitative estimate of drug-likeness (QED) is 0.674. The van der Waals surface area contributed by atoms with Gasteiger partial charge in [0.15, 0.2) is 0 Å².